The van der Waals surface area contributed by atoms with Crippen molar-refractivity contribution in [1.82, 2.24) is 4.90 Å². The Morgan fingerprint density at radius 3 is 2.59 bits per heavy atom. The van der Waals surface area contributed by atoms with Gasteiger partial charge in [-0.25, -0.2) is 4.79 Å². The Hall–Kier alpha value is -3.59. The Bertz CT molecular complexity index is 870. The molecular formula is C21H21N3O3. The first-order chi connectivity index (χ1) is 13.0. The Balaban J connectivity index is 2.09. The molecule has 0 radical (unpaired) electrons. The van der Waals surface area contributed by atoms with Crippen LogP contribution in [0.4, 0.5) is 5.69 Å². The normalized spacial score (nSPS) is 10.6. The van der Waals surface area contributed by atoms with Crippen molar-refractivity contribution in [3.05, 3.63) is 77.5 Å². The van der Waals surface area contributed by atoms with E-state index in [4.69, 9.17) is 10.00 Å². The van der Waals surface area contributed by atoms with E-state index in [-0.39, 0.29) is 18.1 Å². The lowest BCUT2D eigenvalue weighted by molar-refractivity contribution is -0.138. The summed E-state index contributed by atoms with van der Waals surface area (Å²) in [6.07, 6.45) is 1.27. The van der Waals surface area contributed by atoms with Gasteiger partial charge in [0.05, 0.1) is 6.61 Å². The van der Waals surface area contributed by atoms with E-state index < -0.39 is 5.97 Å². The number of nitrogens with one attached hydrogen (secondary N) is 1. The molecule has 0 heterocycles. The molecule has 0 atom stereocenters. The number of carbonyl (C=O) groups is 2. The lowest BCUT2D eigenvalue weighted by atomic mass is 10.1. The summed E-state index contributed by atoms with van der Waals surface area (Å²) in [5.41, 5.74) is 1.99. The van der Waals surface area contributed by atoms with Gasteiger partial charge in [-0.05, 0) is 30.7 Å². The fourth-order valence-electron chi connectivity index (χ4n) is 2.39. The summed E-state index contributed by atoms with van der Waals surface area (Å²) in [5.74, 6) is -0.820. The van der Waals surface area contributed by atoms with Crippen LogP contribution in [0.5, 0.6) is 0 Å². The van der Waals surface area contributed by atoms with E-state index in [1.165, 1.54) is 6.20 Å². The van der Waals surface area contributed by atoms with Gasteiger partial charge in [0, 0.05) is 31.0 Å². The van der Waals surface area contributed by atoms with Crippen molar-refractivity contribution in [3.8, 4) is 6.07 Å². The SMILES string of the molecule is CCOC(=O)/C(C#N)=C\Nc1cccc(C(=O)N(C)Cc2ccccc2)c1. The summed E-state index contributed by atoms with van der Waals surface area (Å²) in [6, 6.07) is 18.4. The zero-order valence-corrected chi connectivity index (χ0v) is 15.3. The smallest absolute Gasteiger partial charge is 0.350 e. The molecule has 0 spiro atoms. The van der Waals surface area contributed by atoms with Crippen molar-refractivity contribution < 1.29 is 14.3 Å². The monoisotopic (exact) mass is 363 g/mol. The molecule has 6 nitrogen and oxygen atoms in total. The maximum absolute atomic E-state index is 12.6. The minimum Gasteiger partial charge on any atom is -0.462 e. The van der Waals surface area contributed by atoms with Crippen LogP contribution in [0, 0.1) is 11.3 Å². The van der Waals surface area contributed by atoms with Gasteiger partial charge in [0.25, 0.3) is 5.91 Å². The van der Waals surface area contributed by atoms with Crippen LogP contribution in [0.15, 0.2) is 66.4 Å². The summed E-state index contributed by atoms with van der Waals surface area (Å²) in [7, 11) is 1.74. The van der Waals surface area contributed by atoms with Crippen LogP contribution in [-0.2, 0) is 16.1 Å². The molecule has 2 rings (SSSR count). The van der Waals surface area contributed by atoms with Crippen LogP contribution in [-0.4, -0.2) is 30.4 Å². The van der Waals surface area contributed by atoms with Gasteiger partial charge in [0.1, 0.15) is 6.07 Å². The molecule has 0 fully saturated rings. The Labute approximate surface area is 158 Å². The highest BCUT2D eigenvalue weighted by molar-refractivity contribution is 5.95. The maximum atomic E-state index is 12.6. The van der Waals surface area contributed by atoms with Crippen molar-refractivity contribution in [2.45, 2.75) is 13.5 Å². The molecular weight excluding hydrogens is 342 g/mol. The topological polar surface area (TPSA) is 82.4 Å². The second-order valence-electron chi connectivity index (χ2n) is 5.76. The Morgan fingerprint density at radius 1 is 1.19 bits per heavy atom. The van der Waals surface area contributed by atoms with Crippen molar-refractivity contribution in [3.63, 3.8) is 0 Å². The maximum Gasteiger partial charge on any atom is 0.350 e. The molecule has 0 aromatic heterocycles. The van der Waals surface area contributed by atoms with E-state index in [0.717, 1.165) is 5.56 Å². The molecule has 6 heteroatoms. The third-order valence-electron chi connectivity index (χ3n) is 3.72. The number of hydrogen-bond donors (Lipinski definition) is 1. The van der Waals surface area contributed by atoms with E-state index >= 15 is 0 Å². The minimum absolute atomic E-state index is 0.127. The fraction of sp³-hybridized carbons (Fsp3) is 0.190. The van der Waals surface area contributed by atoms with Gasteiger partial charge in [-0.1, -0.05) is 36.4 Å². The number of ether oxygens (including phenoxy) is 1. The first-order valence-corrected chi connectivity index (χ1v) is 8.48. The Kier molecular flexibility index (Phi) is 7.15. The molecule has 0 saturated heterocycles. The number of benzene rings is 2. The van der Waals surface area contributed by atoms with Crippen LogP contribution < -0.4 is 5.32 Å². The quantitative estimate of drug-likeness (QED) is 0.463. The largest absolute Gasteiger partial charge is 0.462 e. The van der Waals surface area contributed by atoms with Crippen LogP contribution >= 0.6 is 0 Å². The van der Waals surface area contributed by atoms with E-state index in [9.17, 15) is 9.59 Å². The first kappa shape index (κ1) is 19.7. The van der Waals surface area contributed by atoms with Crippen molar-refractivity contribution in [2.75, 3.05) is 19.0 Å². The highest BCUT2D eigenvalue weighted by Gasteiger charge is 2.13. The summed E-state index contributed by atoms with van der Waals surface area (Å²) >= 11 is 0. The molecule has 138 valence electrons. The van der Waals surface area contributed by atoms with Gasteiger partial charge in [0.15, 0.2) is 5.57 Å². The molecule has 0 unspecified atom stereocenters. The number of esters is 1. The Morgan fingerprint density at radius 2 is 1.93 bits per heavy atom. The molecule has 0 aliphatic rings. The van der Waals surface area contributed by atoms with Gasteiger partial charge in [-0.3, -0.25) is 4.79 Å². The van der Waals surface area contributed by atoms with Crippen molar-refractivity contribution in [1.29, 1.82) is 5.26 Å². The standard InChI is InChI=1S/C21H21N3O3/c1-3-27-21(26)18(13-22)14-23-19-11-7-10-17(12-19)20(25)24(2)15-16-8-5-4-6-9-16/h4-12,14,23H,3,15H2,1-2H3/b18-14-. The number of hydrogen-bond acceptors (Lipinski definition) is 5. The molecule has 0 aliphatic carbocycles. The van der Waals surface area contributed by atoms with Crippen LogP contribution in [0.3, 0.4) is 0 Å². The van der Waals surface area contributed by atoms with Crippen molar-refractivity contribution >= 4 is 17.6 Å². The lowest BCUT2D eigenvalue weighted by Gasteiger charge is -2.17. The fourth-order valence-corrected chi connectivity index (χ4v) is 2.39. The summed E-state index contributed by atoms with van der Waals surface area (Å²) < 4.78 is 4.80. The molecule has 0 saturated carbocycles. The lowest BCUT2D eigenvalue weighted by Crippen LogP contribution is -2.26. The van der Waals surface area contributed by atoms with E-state index in [0.29, 0.717) is 17.8 Å². The molecule has 0 aliphatic heterocycles. The molecule has 2 aromatic rings. The number of nitriles is 1. The molecule has 27 heavy (non-hydrogen) atoms. The minimum atomic E-state index is -0.692. The third-order valence-corrected chi connectivity index (χ3v) is 3.72. The zero-order valence-electron chi connectivity index (χ0n) is 15.3. The number of anilines is 1. The first-order valence-electron chi connectivity index (χ1n) is 8.48. The van der Waals surface area contributed by atoms with E-state index in [2.05, 4.69) is 5.32 Å². The molecule has 1 N–H and O–H groups in total. The average molecular weight is 363 g/mol. The highest BCUT2D eigenvalue weighted by Crippen LogP contribution is 2.14. The number of amides is 1. The van der Waals surface area contributed by atoms with Gasteiger partial charge in [-0.15, -0.1) is 0 Å². The molecule has 2 aromatic carbocycles. The van der Waals surface area contributed by atoms with Gasteiger partial charge < -0.3 is 15.0 Å². The number of carbonyl (C=O) groups excluding carboxylic acids is 2. The second kappa shape index (κ2) is 9.78. The van der Waals surface area contributed by atoms with Crippen LogP contribution in [0.25, 0.3) is 0 Å². The average Bonchev–Trinajstić information content (AvgIpc) is 2.69. The van der Waals surface area contributed by atoms with Crippen molar-refractivity contribution in [2.24, 2.45) is 0 Å². The summed E-state index contributed by atoms with van der Waals surface area (Å²) in [5, 5.41) is 11.9. The second-order valence-corrected chi connectivity index (χ2v) is 5.76. The predicted molar refractivity (Wildman–Crippen MR) is 103 cm³/mol. The highest BCUT2D eigenvalue weighted by atomic mass is 16.5. The zero-order chi connectivity index (χ0) is 19.6. The van der Waals surface area contributed by atoms with Crippen LogP contribution in [0.2, 0.25) is 0 Å². The van der Waals surface area contributed by atoms with E-state index in [1.54, 1.807) is 49.2 Å². The van der Waals surface area contributed by atoms with Gasteiger partial charge in [0.2, 0.25) is 0 Å². The number of rotatable bonds is 7. The third kappa shape index (κ3) is 5.72. The van der Waals surface area contributed by atoms with Gasteiger partial charge >= 0.3 is 5.97 Å². The predicted octanol–water partition coefficient (Wildman–Crippen LogP) is 3.34. The molecule has 0 bridgehead atoms. The molecule has 1 amide bonds. The summed E-state index contributed by atoms with van der Waals surface area (Å²) in [4.78, 5) is 25.9. The van der Waals surface area contributed by atoms with Crippen LogP contribution in [0.1, 0.15) is 22.8 Å². The van der Waals surface area contributed by atoms with Gasteiger partial charge in [-0.2, -0.15) is 5.26 Å². The number of nitrogens with zero attached hydrogens (tertiary/aromatic N) is 2. The summed E-state index contributed by atoms with van der Waals surface area (Å²) in [6.45, 7) is 2.36. The van der Waals surface area contributed by atoms with E-state index in [1.807, 2.05) is 30.3 Å².